The quantitative estimate of drug-likeness (QED) is 0.464. The number of carbonyl (C=O) groups excluding carboxylic acids is 1. The van der Waals surface area contributed by atoms with Gasteiger partial charge in [0, 0.05) is 0 Å². The van der Waals surface area contributed by atoms with E-state index >= 15 is 0 Å². The Balaban J connectivity index is 1.81. The second-order valence-electron chi connectivity index (χ2n) is 7.83. The van der Waals surface area contributed by atoms with Gasteiger partial charge < -0.3 is 19.3 Å². The molecule has 2 heterocycles. The number of carboxylic acid groups (broad SMARTS) is 1. The number of carboxylic acids is 1. The van der Waals surface area contributed by atoms with Gasteiger partial charge in [-0.3, -0.25) is 9.36 Å². The molecule has 0 spiro atoms. The molecular formula is C26H24N2O7S. The first-order chi connectivity index (χ1) is 17.3. The molecule has 1 atom stereocenters. The van der Waals surface area contributed by atoms with Crippen molar-refractivity contribution in [3.8, 4) is 11.5 Å². The molecular weight excluding hydrogens is 484 g/mol. The molecule has 0 bridgehead atoms. The number of nitrogens with zero attached hydrogens (tertiary/aromatic N) is 2. The summed E-state index contributed by atoms with van der Waals surface area (Å²) in [5, 5.41) is 8.75. The normalized spacial score (nSPS) is 15.2. The van der Waals surface area contributed by atoms with Crippen LogP contribution >= 0.6 is 11.3 Å². The molecule has 0 saturated carbocycles. The average Bonchev–Trinajstić information content (AvgIpc) is 3.17. The summed E-state index contributed by atoms with van der Waals surface area (Å²) in [6.07, 6.45) is 1.72. The summed E-state index contributed by atoms with van der Waals surface area (Å²) in [5.41, 5.74) is 1.95. The first-order valence-electron chi connectivity index (χ1n) is 11.1. The number of esters is 1. The van der Waals surface area contributed by atoms with Crippen LogP contribution in [0.25, 0.3) is 6.08 Å². The van der Waals surface area contributed by atoms with Crippen molar-refractivity contribution in [2.24, 2.45) is 4.99 Å². The number of rotatable bonds is 8. The maximum absolute atomic E-state index is 13.6. The molecule has 0 aliphatic carbocycles. The summed E-state index contributed by atoms with van der Waals surface area (Å²) in [6.45, 7) is 3.21. The Morgan fingerprint density at radius 1 is 1.11 bits per heavy atom. The van der Waals surface area contributed by atoms with Gasteiger partial charge >= 0.3 is 11.9 Å². The third-order valence-electron chi connectivity index (χ3n) is 5.49. The standard InChI is InChI=1S/C26H24N2O7S/c1-4-34-25(32)22-15(2)27-26-28(23(22)17-7-11-18(33-3)12-8-17)24(31)20(36-26)13-16-5-9-19(10-6-16)35-14-21(29)30/h5-13,23H,4,14H2,1-3H3,(H,29,30)/b20-13+. The predicted octanol–water partition coefficient (Wildman–Crippen LogP) is 2.27. The molecule has 4 rings (SSSR count). The highest BCUT2D eigenvalue weighted by atomic mass is 32.1. The number of methoxy groups -OCH3 is 1. The zero-order valence-electron chi connectivity index (χ0n) is 19.9. The second kappa shape index (κ2) is 10.6. The smallest absolute Gasteiger partial charge is 0.341 e. The number of hydrogen-bond donors (Lipinski definition) is 1. The van der Waals surface area contributed by atoms with E-state index < -0.39 is 24.6 Å². The molecule has 0 fully saturated rings. The Hall–Kier alpha value is -4.18. The number of aliphatic carboxylic acids is 1. The Kier molecular flexibility index (Phi) is 7.35. The van der Waals surface area contributed by atoms with Crippen LogP contribution < -0.4 is 24.4 Å². The van der Waals surface area contributed by atoms with Gasteiger partial charge in [-0.25, -0.2) is 14.6 Å². The van der Waals surface area contributed by atoms with Crippen molar-refractivity contribution >= 4 is 29.4 Å². The minimum atomic E-state index is -1.07. The summed E-state index contributed by atoms with van der Waals surface area (Å²) in [5.74, 6) is -0.527. The predicted molar refractivity (Wildman–Crippen MR) is 133 cm³/mol. The lowest BCUT2D eigenvalue weighted by Crippen LogP contribution is -2.39. The maximum atomic E-state index is 13.6. The van der Waals surface area contributed by atoms with Gasteiger partial charge in [0.2, 0.25) is 0 Å². The van der Waals surface area contributed by atoms with Gasteiger partial charge in [0.05, 0.1) is 35.6 Å². The number of ether oxygens (including phenoxy) is 3. The van der Waals surface area contributed by atoms with E-state index in [2.05, 4.69) is 4.99 Å². The molecule has 0 radical (unpaired) electrons. The van der Waals surface area contributed by atoms with Crippen LogP contribution in [0.15, 0.2) is 69.6 Å². The maximum Gasteiger partial charge on any atom is 0.341 e. The summed E-state index contributed by atoms with van der Waals surface area (Å²) in [4.78, 5) is 42.2. The van der Waals surface area contributed by atoms with Crippen LogP contribution in [0.5, 0.6) is 11.5 Å². The molecule has 1 N–H and O–H groups in total. The van der Waals surface area contributed by atoms with Gasteiger partial charge in [0.15, 0.2) is 11.4 Å². The monoisotopic (exact) mass is 508 g/mol. The highest BCUT2D eigenvalue weighted by Crippen LogP contribution is 2.31. The van der Waals surface area contributed by atoms with Crippen molar-refractivity contribution < 1.29 is 28.9 Å². The Labute approximate surface area is 210 Å². The molecule has 1 aromatic heterocycles. The molecule has 1 aliphatic heterocycles. The molecule has 0 amide bonds. The summed E-state index contributed by atoms with van der Waals surface area (Å²) in [7, 11) is 1.57. The van der Waals surface area contributed by atoms with Crippen molar-refractivity contribution in [1.82, 2.24) is 4.57 Å². The number of carbonyl (C=O) groups is 2. The van der Waals surface area contributed by atoms with E-state index in [0.717, 1.165) is 11.1 Å². The lowest BCUT2D eigenvalue weighted by molar-refractivity contribution is -0.140. The van der Waals surface area contributed by atoms with Crippen LogP contribution in [-0.2, 0) is 14.3 Å². The molecule has 2 aromatic carbocycles. The summed E-state index contributed by atoms with van der Waals surface area (Å²) >= 11 is 1.22. The molecule has 186 valence electrons. The van der Waals surface area contributed by atoms with E-state index in [-0.39, 0.29) is 12.2 Å². The van der Waals surface area contributed by atoms with Crippen molar-refractivity contribution in [1.29, 1.82) is 0 Å². The van der Waals surface area contributed by atoms with Gasteiger partial charge in [0.25, 0.3) is 5.56 Å². The van der Waals surface area contributed by atoms with E-state index in [9.17, 15) is 14.4 Å². The van der Waals surface area contributed by atoms with Crippen molar-refractivity contribution in [2.45, 2.75) is 19.9 Å². The lowest BCUT2D eigenvalue weighted by Gasteiger charge is -2.24. The van der Waals surface area contributed by atoms with Crippen molar-refractivity contribution in [3.63, 3.8) is 0 Å². The number of fused-ring (bicyclic) bond motifs is 1. The SMILES string of the molecule is CCOC(=O)C1=C(C)N=c2s/c(=C/c3ccc(OCC(=O)O)cc3)c(=O)n2C1c1ccc(OC)cc1. The van der Waals surface area contributed by atoms with E-state index in [0.29, 0.717) is 32.1 Å². The third kappa shape index (κ3) is 5.08. The molecule has 36 heavy (non-hydrogen) atoms. The van der Waals surface area contributed by atoms with Crippen LogP contribution in [-0.4, -0.2) is 41.9 Å². The molecule has 10 heteroatoms. The number of allylic oxidation sites excluding steroid dienone is 1. The fourth-order valence-corrected chi connectivity index (χ4v) is 4.90. The molecule has 1 aliphatic rings. The van der Waals surface area contributed by atoms with Crippen LogP contribution in [0.4, 0.5) is 0 Å². The number of thiazole rings is 1. The molecule has 9 nitrogen and oxygen atoms in total. The van der Waals surface area contributed by atoms with Gasteiger partial charge in [-0.15, -0.1) is 0 Å². The van der Waals surface area contributed by atoms with Gasteiger partial charge in [-0.2, -0.15) is 0 Å². The first-order valence-corrected chi connectivity index (χ1v) is 11.9. The first kappa shape index (κ1) is 24.9. The van der Waals surface area contributed by atoms with E-state index in [1.165, 1.54) is 15.9 Å². The Bertz CT molecular complexity index is 1500. The third-order valence-corrected chi connectivity index (χ3v) is 6.47. The average molecular weight is 509 g/mol. The largest absolute Gasteiger partial charge is 0.497 e. The number of benzene rings is 2. The topological polar surface area (TPSA) is 116 Å². The summed E-state index contributed by atoms with van der Waals surface area (Å²) < 4.78 is 17.7. The highest BCUT2D eigenvalue weighted by Gasteiger charge is 2.33. The van der Waals surface area contributed by atoms with Gasteiger partial charge in [-0.05, 0) is 55.3 Å². The minimum absolute atomic E-state index is 0.196. The summed E-state index contributed by atoms with van der Waals surface area (Å²) in [6, 6.07) is 13.2. The lowest BCUT2D eigenvalue weighted by atomic mass is 9.96. The second-order valence-corrected chi connectivity index (χ2v) is 8.84. The Morgan fingerprint density at radius 3 is 2.39 bits per heavy atom. The number of hydrogen-bond acceptors (Lipinski definition) is 8. The zero-order valence-corrected chi connectivity index (χ0v) is 20.7. The van der Waals surface area contributed by atoms with Crippen LogP contribution in [0.3, 0.4) is 0 Å². The zero-order chi connectivity index (χ0) is 25.8. The van der Waals surface area contributed by atoms with Crippen LogP contribution in [0, 0.1) is 0 Å². The number of aromatic nitrogens is 1. The molecule has 3 aromatic rings. The fourth-order valence-electron chi connectivity index (χ4n) is 3.85. The van der Waals surface area contributed by atoms with Crippen molar-refractivity contribution in [3.05, 3.63) is 90.6 Å². The van der Waals surface area contributed by atoms with E-state index in [1.807, 2.05) is 12.1 Å². The van der Waals surface area contributed by atoms with Gasteiger partial charge in [0.1, 0.15) is 11.5 Å². The van der Waals surface area contributed by atoms with Crippen molar-refractivity contribution in [2.75, 3.05) is 20.3 Å². The molecule has 0 saturated heterocycles. The van der Waals surface area contributed by atoms with Crippen LogP contribution in [0.2, 0.25) is 0 Å². The fraction of sp³-hybridized carbons (Fsp3) is 0.231. The van der Waals surface area contributed by atoms with Gasteiger partial charge in [-0.1, -0.05) is 35.6 Å². The van der Waals surface area contributed by atoms with E-state index in [1.54, 1.807) is 63.4 Å². The van der Waals surface area contributed by atoms with Crippen LogP contribution in [0.1, 0.15) is 31.0 Å². The molecule has 1 unspecified atom stereocenters. The van der Waals surface area contributed by atoms with E-state index in [4.69, 9.17) is 19.3 Å². The minimum Gasteiger partial charge on any atom is -0.497 e. The Morgan fingerprint density at radius 2 is 1.78 bits per heavy atom. The highest BCUT2D eigenvalue weighted by molar-refractivity contribution is 7.07.